The van der Waals surface area contributed by atoms with Crippen molar-refractivity contribution in [1.29, 1.82) is 0 Å². The van der Waals surface area contributed by atoms with E-state index in [-0.39, 0.29) is 11.1 Å². The van der Waals surface area contributed by atoms with Crippen LogP contribution in [0.3, 0.4) is 0 Å². The molecule has 0 saturated carbocycles. The molecule has 0 aliphatic carbocycles. The smallest absolute Gasteiger partial charge is 0.426 e. The van der Waals surface area contributed by atoms with Crippen LogP contribution >= 0.6 is 0 Å². The summed E-state index contributed by atoms with van der Waals surface area (Å²) in [5.74, 6) is -1.16. The van der Waals surface area contributed by atoms with Gasteiger partial charge in [-0.25, -0.2) is 0 Å². The number of rotatable bonds is 3. The number of carbonyl (C=O) groups excluding carboxylic acids is 2. The van der Waals surface area contributed by atoms with Crippen LogP contribution < -0.4 is 0 Å². The van der Waals surface area contributed by atoms with E-state index in [2.05, 4.69) is 0 Å². The van der Waals surface area contributed by atoms with Crippen LogP contribution in [0.15, 0.2) is 24.3 Å². The van der Waals surface area contributed by atoms with Crippen molar-refractivity contribution in [2.24, 2.45) is 0 Å². The Kier molecular flexibility index (Phi) is 4.43. The van der Waals surface area contributed by atoms with Crippen LogP contribution in [0.25, 0.3) is 0 Å². The van der Waals surface area contributed by atoms with Crippen molar-refractivity contribution in [3.8, 4) is 0 Å². The highest BCUT2D eigenvalue weighted by Crippen LogP contribution is 2.48. The lowest BCUT2D eigenvalue weighted by atomic mass is 9.41. The molecular weight excluding hydrogens is 388 g/mol. The third kappa shape index (κ3) is 2.89. The third-order valence-corrected chi connectivity index (χ3v) is 6.98. The van der Waals surface area contributed by atoms with Crippen LogP contribution in [0.5, 0.6) is 0 Å². The van der Waals surface area contributed by atoms with Crippen LogP contribution in [0.4, 0.5) is 0 Å². The van der Waals surface area contributed by atoms with E-state index >= 15 is 0 Å². The molecule has 1 aromatic carbocycles. The van der Waals surface area contributed by atoms with Gasteiger partial charge in [-0.15, -0.1) is 0 Å². The van der Waals surface area contributed by atoms with Gasteiger partial charge in [0.2, 0.25) is 0 Å². The second-order valence-corrected chi connectivity index (χ2v) is 10.1. The van der Waals surface area contributed by atoms with Crippen molar-refractivity contribution < 1.29 is 33.0 Å². The number of amides is 2. The first-order valence-corrected chi connectivity index (χ1v) is 10.2. The molecule has 0 N–H and O–H groups in total. The van der Waals surface area contributed by atoms with E-state index in [1.165, 1.54) is 0 Å². The molecule has 4 rings (SSSR count). The molecule has 2 fully saturated rings. The number of hydrogen-bond acceptors (Lipinski definition) is 7. The first kappa shape index (κ1) is 21.5. The van der Waals surface area contributed by atoms with E-state index in [4.69, 9.17) is 23.4 Å². The highest BCUT2D eigenvalue weighted by Gasteiger charge is 2.67. The van der Waals surface area contributed by atoms with E-state index in [1.807, 2.05) is 55.4 Å². The zero-order valence-corrected chi connectivity index (χ0v) is 18.8. The summed E-state index contributed by atoms with van der Waals surface area (Å²) in [5, 5.41) is 0.702. The Morgan fingerprint density at radius 2 is 1.17 bits per heavy atom. The number of carbonyl (C=O) groups is 2. The zero-order valence-electron chi connectivity index (χ0n) is 18.8. The number of imide groups is 1. The summed E-state index contributed by atoms with van der Waals surface area (Å²) in [7, 11) is -1.08. The van der Waals surface area contributed by atoms with Gasteiger partial charge in [-0.2, -0.15) is 5.06 Å². The summed E-state index contributed by atoms with van der Waals surface area (Å²) in [4.78, 5) is 25.9. The largest absolute Gasteiger partial charge is 0.540 e. The summed E-state index contributed by atoms with van der Waals surface area (Å²) in [6.07, 6.45) is 0. The lowest BCUT2D eigenvalue weighted by Gasteiger charge is -2.41. The van der Waals surface area contributed by atoms with Crippen molar-refractivity contribution >= 4 is 25.5 Å². The maximum Gasteiger partial charge on any atom is 0.426 e. The number of fused-ring (bicyclic) bond motifs is 1. The molecule has 0 bridgehead atoms. The van der Waals surface area contributed by atoms with E-state index < -0.39 is 47.9 Å². The molecule has 2 amide bonds. The minimum absolute atomic E-state index is 0.263. The maximum absolute atomic E-state index is 12.9. The standard InChI is InChI=1S/C20H28B2NO7/c1-17(2)18(3,4)27-21(26-17)22(28-19(5,6)20(7,8)29-22)30-23-15(24)13-11-9-10-12-14(13)16(23)25/h9-12H,1-8H3/q-1. The molecule has 10 heteroatoms. The predicted octanol–water partition coefficient (Wildman–Crippen LogP) is 2.93. The molecule has 3 aliphatic heterocycles. The molecule has 3 heterocycles. The maximum atomic E-state index is 12.9. The van der Waals surface area contributed by atoms with Crippen molar-refractivity contribution in [2.75, 3.05) is 0 Å². The van der Waals surface area contributed by atoms with Gasteiger partial charge in [0.1, 0.15) is 0 Å². The van der Waals surface area contributed by atoms with Gasteiger partial charge >= 0.3 is 13.7 Å². The highest BCUT2D eigenvalue weighted by atomic mass is 16.9. The highest BCUT2D eigenvalue weighted by molar-refractivity contribution is 7.19. The fraction of sp³-hybridized carbons (Fsp3) is 0.600. The predicted molar refractivity (Wildman–Crippen MR) is 110 cm³/mol. The van der Waals surface area contributed by atoms with Crippen molar-refractivity contribution in [2.45, 2.75) is 77.8 Å². The molecule has 0 unspecified atom stereocenters. The second-order valence-electron chi connectivity index (χ2n) is 10.1. The van der Waals surface area contributed by atoms with E-state index in [9.17, 15) is 9.59 Å². The van der Waals surface area contributed by atoms with Crippen LogP contribution in [0.1, 0.15) is 76.1 Å². The SMILES string of the molecule is CC1(C)OB([B-]2(ON3C(=O)c4ccccc4C3=O)OC(C)(C)C(C)(C)O2)OC1(C)C. The molecule has 8 nitrogen and oxygen atoms in total. The number of hydroxylamine groups is 2. The molecule has 0 aromatic heterocycles. The molecule has 30 heavy (non-hydrogen) atoms. The van der Waals surface area contributed by atoms with Crippen LogP contribution in [-0.2, 0) is 23.4 Å². The molecule has 1 aromatic rings. The Bertz CT molecular complexity index is 860. The van der Waals surface area contributed by atoms with Gasteiger partial charge in [0.05, 0.1) is 22.3 Å². The van der Waals surface area contributed by atoms with Gasteiger partial charge in [-0.3, -0.25) is 9.59 Å². The average Bonchev–Trinajstić information content (AvgIpc) is 3.07. The average molecular weight is 416 g/mol. The van der Waals surface area contributed by atoms with Gasteiger partial charge in [-0.1, -0.05) is 12.1 Å². The van der Waals surface area contributed by atoms with Crippen LogP contribution in [-0.4, -0.2) is 52.9 Å². The number of benzene rings is 1. The number of hydrogen-bond donors (Lipinski definition) is 0. The Labute approximate surface area is 177 Å². The van der Waals surface area contributed by atoms with Crippen LogP contribution in [0, 0.1) is 0 Å². The minimum Gasteiger partial charge on any atom is -0.540 e. The molecule has 162 valence electrons. The first-order chi connectivity index (χ1) is 13.6. The fourth-order valence-electron chi connectivity index (χ4n) is 3.80. The Morgan fingerprint density at radius 1 is 0.767 bits per heavy atom. The van der Waals surface area contributed by atoms with E-state index in [0.717, 1.165) is 0 Å². The van der Waals surface area contributed by atoms with Crippen molar-refractivity contribution in [3.05, 3.63) is 35.4 Å². The van der Waals surface area contributed by atoms with Gasteiger partial charge in [-0.05, 0) is 67.5 Å². The van der Waals surface area contributed by atoms with Crippen molar-refractivity contribution in [1.82, 2.24) is 5.06 Å². The van der Waals surface area contributed by atoms with Crippen molar-refractivity contribution in [3.63, 3.8) is 0 Å². The lowest BCUT2D eigenvalue weighted by Crippen LogP contribution is -2.62. The Balaban J connectivity index is 1.74. The molecule has 0 radical (unpaired) electrons. The normalized spacial score (nSPS) is 27.6. The van der Waals surface area contributed by atoms with E-state index in [0.29, 0.717) is 5.06 Å². The monoisotopic (exact) mass is 416 g/mol. The van der Waals surface area contributed by atoms with Gasteiger partial charge in [0.15, 0.2) is 0 Å². The zero-order chi connectivity index (χ0) is 22.3. The Hall–Kier alpha value is -1.71. The molecular formula is C20H28B2NO7-. The molecule has 0 atom stereocenters. The summed E-state index contributed by atoms with van der Waals surface area (Å²) in [5.41, 5.74) is -2.48. The summed E-state index contributed by atoms with van der Waals surface area (Å²) in [6, 6.07) is 6.55. The third-order valence-electron chi connectivity index (χ3n) is 6.98. The first-order valence-electron chi connectivity index (χ1n) is 10.2. The summed E-state index contributed by atoms with van der Waals surface area (Å²) >= 11 is 0. The summed E-state index contributed by atoms with van der Waals surface area (Å²) < 4.78 is 31.0. The molecule has 2 saturated heterocycles. The molecule has 0 spiro atoms. The topological polar surface area (TPSA) is 83.5 Å². The van der Waals surface area contributed by atoms with E-state index in [1.54, 1.807) is 24.3 Å². The van der Waals surface area contributed by atoms with Gasteiger partial charge in [0.25, 0.3) is 11.8 Å². The van der Waals surface area contributed by atoms with Crippen LogP contribution in [0.2, 0.25) is 0 Å². The quantitative estimate of drug-likeness (QED) is 0.554. The Morgan fingerprint density at radius 3 is 1.57 bits per heavy atom. The lowest BCUT2D eigenvalue weighted by molar-refractivity contribution is -0.0553. The van der Waals surface area contributed by atoms with Gasteiger partial charge in [0, 0.05) is 11.2 Å². The minimum atomic E-state index is -2.83. The molecule has 3 aliphatic rings. The number of nitrogens with zero attached hydrogens (tertiary/aromatic N) is 1. The fourth-order valence-corrected chi connectivity index (χ4v) is 3.80. The summed E-state index contributed by atoms with van der Waals surface area (Å²) in [6.45, 7) is 12.2. The second kappa shape index (κ2) is 6.17. The van der Waals surface area contributed by atoms with Gasteiger partial charge < -0.3 is 23.4 Å².